The molecule has 1 aliphatic rings. The van der Waals surface area contributed by atoms with Gasteiger partial charge in [0.1, 0.15) is 17.6 Å². The maximum Gasteiger partial charge on any atom is 0.150 e. The van der Waals surface area contributed by atoms with Gasteiger partial charge in [0.25, 0.3) is 0 Å². The standard InChI is InChI=1S/C12H11NO2/c14-7-8-4-5-11-10(6-8)12(15-13-11)9-2-1-3-9/h4-7,9H,1-3H2. The van der Waals surface area contributed by atoms with E-state index in [4.69, 9.17) is 4.52 Å². The first kappa shape index (κ1) is 8.65. The van der Waals surface area contributed by atoms with Gasteiger partial charge in [0.2, 0.25) is 0 Å². The van der Waals surface area contributed by atoms with Crippen molar-refractivity contribution in [3.05, 3.63) is 29.5 Å². The zero-order chi connectivity index (χ0) is 10.3. The molecule has 0 atom stereocenters. The molecule has 1 aromatic heterocycles. The van der Waals surface area contributed by atoms with Crippen molar-refractivity contribution in [2.45, 2.75) is 25.2 Å². The Morgan fingerprint density at radius 3 is 2.93 bits per heavy atom. The first-order valence-electron chi connectivity index (χ1n) is 5.23. The Balaban J connectivity index is 2.16. The van der Waals surface area contributed by atoms with Crippen LogP contribution >= 0.6 is 0 Å². The van der Waals surface area contributed by atoms with Crippen LogP contribution in [0.4, 0.5) is 0 Å². The molecule has 1 fully saturated rings. The van der Waals surface area contributed by atoms with Crippen LogP contribution in [0.3, 0.4) is 0 Å². The van der Waals surface area contributed by atoms with Crippen molar-refractivity contribution in [1.82, 2.24) is 5.16 Å². The van der Waals surface area contributed by atoms with E-state index in [1.165, 1.54) is 19.3 Å². The van der Waals surface area contributed by atoms with Crippen molar-refractivity contribution in [2.75, 3.05) is 0 Å². The Labute approximate surface area is 87.1 Å². The topological polar surface area (TPSA) is 43.1 Å². The molecule has 1 aliphatic carbocycles. The molecule has 0 bridgehead atoms. The van der Waals surface area contributed by atoms with Crippen LogP contribution in [0.25, 0.3) is 10.9 Å². The van der Waals surface area contributed by atoms with Gasteiger partial charge < -0.3 is 4.52 Å². The molecule has 0 amide bonds. The number of aldehydes is 1. The van der Waals surface area contributed by atoms with Crippen LogP contribution in [0, 0.1) is 0 Å². The number of nitrogens with zero attached hydrogens (tertiary/aromatic N) is 1. The summed E-state index contributed by atoms with van der Waals surface area (Å²) in [4.78, 5) is 10.7. The van der Waals surface area contributed by atoms with Crippen LogP contribution in [0.15, 0.2) is 22.7 Å². The number of carbonyl (C=O) groups is 1. The summed E-state index contributed by atoms with van der Waals surface area (Å²) in [7, 11) is 0. The molecule has 0 saturated heterocycles. The largest absolute Gasteiger partial charge is 0.360 e. The summed E-state index contributed by atoms with van der Waals surface area (Å²) in [6, 6.07) is 5.47. The minimum Gasteiger partial charge on any atom is -0.360 e. The average molecular weight is 201 g/mol. The maximum atomic E-state index is 10.7. The Kier molecular flexibility index (Phi) is 1.84. The van der Waals surface area contributed by atoms with Crippen LogP contribution in [0.2, 0.25) is 0 Å². The summed E-state index contributed by atoms with van der Waals surface area (Å²) < 4.78 is 5.35. The highest BCUT2D eigenvalue weighted by atomic mass is 16.5. The molecular weight excluding hydrogens is 190 g/mol. The molecule has 3 heteroatoms. The molecule has 0 radical (unpaired) electrons. The van der Waals surface area contributed by atoms with Gasteiger partial charge in [-0.05, 0) is 31.0 Å². The van der Waals surface area contributed by atoms with Crippen molar-refractivity contribution in [3.8, 4) is 0 Å². The minimum atomic E-state index is 0.511. The second kappa shape index (κ2) is 3.19. The van der Waals surface area contributed by atoms with E-state index in [9.17, 15) is 4.79 Å². The maximum absolute atomic E-state index is 10.7. The van der Waals surface area contributed by atoms with E-state index in [2.05, 4.69) is 5.16 Å². The smallest absolute Gasteiger partial charge is 0.150 e. The third kappa shape index (κ3) is 1.27. The molecule has 3 rings (SSSR count). The molecule has 1 aromatic carbocycles. The number of benzene rings is 1. The highest BCUT2D eigenvalue weighted by molar-refractivity contribution is 5.88. The van der Waals surface area contributed by atoms with Gasteiger partial charge in [-0.2, -0.15) is 0 Å². The van der Waals surface area contributed by atoms with E-state index >= 15 is 0 Å². The Hall–Kier alpha value is -1.64. The van der Waals surface area contributed by atoms with Gasteiger partial charge in [-0.1, -0.05) is 11.6 Å². The highest BCUT2D eigenvalue weighted by Gasteiger charge is 2.25. The van der Waals surface area contributed by atoms with E-state index in [0.29, 0.717) is 11.5 Å². The molecule has 0 N–H and O–H groups in total. The quantitative estimate of drug-likeness (QED) is 0.701. The van der Waals surface area contributed by atoms with Crippen molar-refractivity contribution >= 4 is 17.2 Å². The summed E-state index contributed by atoms with van der Waals surface area (Å²) in [5, 5.41) is 5.01. The van der Waals surface area contributed by atoms with E-state index in [-0.39, 0.29) is 0 Å². The van der Waals surface area contributed by atoms with Crippen LogP contribution < -0.4 is 0 Å². The monoisotopic (exact) mass is 201 g/mol. The van der Waals surface area contributed by atoms with E-state index in [1.54, 1.807) is 6.07 Å². The number of hydrogen-bond donors (Lipinski definition) is 0. The lowest BCUT2D eigenvalue weighted by Crippen LogP contribution is -2.07. The van der Waals surface area contributed by atoms with Crippen LogP contribution in [0.5, 0.6) is 0 Å². The molecule has 2 aromatic rings. The van der Waals surface area contributed by atoms with Crippen molar-refractivity contribution in [1.29, 1.82) is 0 Å². The predicted octanol–water partition coefficient (Wildman–Crippen LogP) is 2.91. The second-order valence-electron chi connectivity index (χ2n) is 4.07. The number of rotatable bonds is 2. The fourth-order valence-corrected chi connectivity index (χ4v) is 2.02. The third-order valence-electron chi connectivity index (χ3n) is 3.14. The molecule has 0 spiro atoms. The minimum absolute atomic E-state index is 0.511. The average Bonchev–Trinajstić information content (AvgIpc) is 2.59. The number of carbonyl (C=O) groups excluding carboxylic acids is 1. The van der Waals surface area contributed by atoms with Gasteiger partial charge in [0.15, 0.2) is 0 Å². The summed E-state index contributed by atoms with van der Waals surface area (Å²) in [6.45, 7) is 0. The van der Waals surface area contributed by atoms with E-state index in [1.807, 2.05) is 12.1 Å². The lowest BCUT2D eigenvalue weighted by atomic mass is 9.82. The van der Waals surface area contributed by atoms with E-state index in [0.717, 1.165) is 22.9 Å². The molecule has 1 heterocycles. The van der Waals surface area contributed by atoms with Gasteiger partial charge >= 0.3 is 0 Å². The molecular formula is C12H11NO2. The zero-order valence-corrected chi connectivity index (χ0v) is 8.27. The fourth-order valence-electron chi connectivity index (χ4n) is 2.02. The molecule has 0 aliphatic heterocycles. The third-order valence-corrected chi connectivity index (χ3v) is 3.14. The van der Waals surface area contributed by atoms with Crippen LogP contribution in [-0.2, 0) is 0 Å². The normalized spacial score (nSPS) is 16.5. The number of aromatic nitrogens is 1. The van der Waals surface area contributed by atoms with Gasteiger partial charge in [-0.3, -0.25) is 4.79 Å². The van der Waals surface area contributed by atoms with Crippen LogP contribution in [-0.4, -0.2) is 11.4 Å². The summed E-state index contributed by atoms with van der Waals surface area (Å²) in [6.07, 6.45) is 4.47. The number of fused-ring (bicyclic) bond motifs is 1. The van der Waals surface area contributed by atoms with Crippen LogP contribution in [0.1, 0.15) is 41.3 Å². The Bertz CT molecular complexity index is 511. The van der Waals surface area contributed by atoms with Gasteiger partial charge in [0.05, 0.1) is 0 Å². The Morgan fingerprint density at radius 1 is 1.40 bits per heavy atom. The molecule has 15 heavy (non-hydrogen) atoms. The molecule has 1 saturated carbocycles. The lowest BCUT2D eigenvalue weighted by molar-refractivity contribution is 0.112. The van der Waals surface area contributed by atoms with Gasteiger partial charge in [-0.25, -0.2) is 0 Å². The summed E-state index contributed by atoms with van der Waals surface area (Å²) in [5.74, 6) is 1.47. The fraction of sp³-hybridized carbons (Fsp3) is 0.333. The van der Waals surface area contributed by atoms with Crippen molar-refractivity contribution < 1.29 is 9.32 Å². The van der Waals surface area contributed by atoms with Crippen molar-refractivity contribution in [3.63, 3.8) is 0 Å². The highest BCUT2D eigenvalue weighted by Crippen LogP contribution is 2.39. The first-order chi connectivity index (χ1) is 7.38. The SMILES string of the molecule is O=Cc1ccc2noc(C3CCC3)c2c1. The van der Waals surface area contributed by atoms with Gasteiger partial charge in [-0.15, -0.1) is 0 Å². The predicted molar refractivity (Wildman–Crippen MR) is 56.0 cm³/mol. The molecule has 76 valence electrons. The van der Waals surface area contributed by atoms with Gasteiger partial charge in [0, 0.05) is 16.9 Å². The van der Waals surface area contributed by atoms with E-state index < -0.39 is 0 Å². The first-order valence-corrected chi connectivity index (χ1v) is 5.23. The molecule has 0 unspecified atom stereocenters. The summed E-state index contributed by atoms with van der Waals surface area (Å²) >= 11 is 0. The zero-order valence-electron chi connectivity index (χ0n) is 8.27. The van der Waals surface area contributed by atoms with Crippen molar-refractivity contribution in [2.24, 2.45) is 0 Å². The molecule has 3 nitrogen and oxygen atoms in total. The summed E-state index contributed by atoms with van der Waals surface area (Å²) in [5.41, 5.74) is 1.54. The Morgan fingerprint density at radius 2 is 2.27 bits per heavy atom. The lowest BCUT2D eigenvalue weighted by Gasteiger charge is -2.22. The number of hydrogen-bond acceptors (Lipinski definition) is 3. The second-order valence-corrected chi connectivity index (χ2v) is 4.07.